The molecule has 0 aliphatic heterocycles. The van der Waals surface area contributed by atoms with Gasteiger partial charge in [-0.15, -0.1) is 0 Å². The zero-order valence-electron chi connectivity index (χ0n) is 22.5. The van der Waals surface area contributed by atoms with Crippen molar-refractivity contribution in [1.29, 1.82) is 0 Å². The Morgan fingerprint density at radius 2 is 1.58 bits per heavy atom. The van der Waals surface area contributed by atoms with Crippen LogP contribution in [0.5, 0.6) is 0 Å². The molecular formula is C36H32N2. The van der Waals surface area contributed by atoms with Crippen molar-refractivity contribution < 1.29 is 0 Å². The van der Waals surface area contributed by atoms with E-state index in [2.05, 4.69) is 124 Å². The van der Waals surface area contributed by atoms with Crippen LogP contribution in [0.4, 0.5) is 0 Å². The lowest BCUT2D eigenvalue weighted by Crippen LogP contribution is -2.27. The molecule has 0 radical (unpaired) electrons. The molecule has 3 aromatic carbocycles. The molecule has 2 heteroatoms. The Hall–Kier alpha value is -4.17. The van der Waals surface area contributed by atoms with Crippen molar-refractivity contribution in [2.24, 2.45) is 0 Å². The topological polar surface area (TPSA) is 17.8 Å². The van der Waals surface area contributed by atoms with E-state index >= 15 is 0 Å². The molecule has 0 saturated heterocycles. The summed E-state index contributed by atoms with van der Waals surface area (Å²) in [6.45, 7) is 14.3. The normalized spacial score (nSPS) is 18.8. The molecule has 38 heavy (non-hydrogen) atoms. The van der Waals surface area contributed by atoms with Crippen molar-refractivity contribution in [3.63, 3.8) is 0 Å². The Morgan fingerprint density at radius 3 is 2.39 bits per heavy atom. The second-order valence-corrected chi connectivity index (χ2v) is 11.8. The van der Waals surface area contributed by atoms with Crippen molar-refractivity contribution in [2.75, 3.05) is 0 Å². The molecule has 5 aromatic rings. The zero-order valence-corrected chi connectivity index (χ0v) is 22.5. The fraction of sp³-hybridized carbons (Fsp3) is 0.194. The standard InChI is InChI=1S/C36H32N2/c1-23-15-7-6-13-21-35(2,3)32-29(23)34-31(30-24-16-8-10-18-26(24)36(4,5)33(30)32)25-17-9-11-19-27(25)38(34)28-20-12-14-22-37-28/h6-20,22H,1,21H2,2-5H3/b13-6-,15-7-. The van der Waals surface area contributed by atoms with E-state index in [1.54, 1.807) is 0 Å². The van der Waals surface area contributed by atoms with Crippen molar-refractivity contribution >= 4 is 27.4 Å². The minimum atomic E-state index is -0.141. The molecule has 2 aliphatic rings. The fourth-order valence-corrected chi connectivity index (χ4v) is 7.01. The number of fused-ring (bicyclic) bond motifs is 10. The number of hydrogen-bond donors (Lipinski definition) is 0. The second kappa shape index (κ2) is 7.91. The van der Waals surface area contributed by atoms with Gasteiger partial charge in [-0.2, -0.15) is 0 Å². The van der Waals surface area contributed by atoms with Crippen LogP contribution in [0, 0.1) is 0 Å². The second-order valence-electron chi connectivity index (χ2n) is 11.8. The molecular weight excluding hydrogens is 460 g/mol. The van der Waals surface area contributed by atoms with Gasteiger partial charge in [0.25, 0.3) is 0 Å². The zero-order chi connectivity index (χ0) is 26.2. The number of pyridine rings is 1. The minimum Gasteiger partial charge on any atom is -0.293 e. The van der Waals surface area contributed by atoms with E-state index in [-0.39, 0.29) is 10.8 Å². The van der Waals surface area contributed by atoms with Crippen molar-refractivity contribution in [3.8, 4) is 16.9 Å². The Labute approximate surface area is 224 Å². The Bertz CT molecular complexity index is 1840. The SMILES string of the molecule is C=C1/C=C\C=C/CC(C)(C)c2c3c(c4c5ccccc5n(-c5ccccn5)c4c21)-c1ccccc1C3(C)C. The third kappa shape index (κ3) is 2.98. The number of benzene rings is 3. The number of hydrogen-bond acceptors (Lipinski definition) is 1. The molecule has 0 bridgehead atoms. The number of para-hydroxylation sites is 1. The number of nitrogens with zero attached hydrogens (tertiary/aromatic N) is 2. The molecule has 186 valence electrons. The molecule has 2 nitrogen and oxygen atoms in total. The molecule has 0 amide bonds. The smallest absolute Gasteiger partial charge is 0.137 e. The first kappa shape index (κ1) is 23.0. The maximum atomic E-state index is 4.86. The summed E-state index contributed by atoms with van der Waals surface area (Å²) in [7, 11) is 0. The maximum absolute atomic E-state index is 4.86. The van der Waals surface area contributed by atoms with Crippen molar-refractivity contribution in [3.05, 3.63) is 126 Å². The molecule has 2 aromatic heterocycles. The molecule has 0 N–H and O–H groups in total. The van der Waals surface area contributed by atoms with Gasteiger partial charge in [-0.05, 0) is 63.4 Å². The monoisotopic (exact) mass is 492 g/mol. The van der Waals surface area contributed by atoms with Crippen LogP contribution in [0.25, 0.3) is 44.3 Å². The minimum absolute atomic E-state index is 0.107. The highest BCUT2D eigenvalue weighted by atomic mass is 15.1. The van der Waals surface area contributed by atoms with E-state index in [1.807, 2.05) is 12.3 Å². The van der Waals surface area contributed by atoms with E-state index in [1.165, 1.54) is 55.2 Å². The first-order valence-corrected chi connectivity index (χ1v) is 13.5. The van der Waals surface area contributed by atoms with Gasteiger partial charge in [0.05, 0.1) is 11.0 Å². The summed E-state index contributed by atoms with van der Waals surface area (Å²) in [6.07, 6.45) is 11.6. The van der Waals surface area contributed by atoms with Gasteiger partial charge in [-0.3, -0.25) is 4.57 Å². The van der Waals surface area contributed by atoms with Crippen LogP contribution in [-0.2, 0) is 10.8 Å². The van der Waals surface area contributed by atoms with Gasteiger partial charge in [0.1, 0.15) is 5.82 Å². The van der Waals surface area contributed by atoms with E-state index < -0.39 is 0 Å². The van der Waals surface area contributed by atoms with Crippen LogP contribution < -0.4 is 0 Å². The van der Waals surface area contributed by atoms with E-state index in [0.717, 1.165) is 17.8 Å². The predicted molar refractivity (Wildman–Crippen MR) is 161 cm³/mol. The van der Waals surface area contributed by atoms with Gasteiger partial charge >= 0.3 is 0 Å². The highest BCUT2D eigenvalue weighted by molar-refractivity contribution is 6.21. The summed E-state index contributed by atoms with van der Waals surface area (Å²) in [4.78, 5) is 4.86. The lowest BCUT2D eigenvalue weighted by atomic mass is 9.68. The third-order valence-electron chi connectivity index (χ3n) is 8.66. The average Bonchev–Trinajstić information content (AvgIpc) is 3.39. The molecule has 2 aliphatic carbocycles. The van der Waals surface area contributed by atoms with Crippen LogP contribution in [-0.4, -0.2) is 9.55 Å². The molecule has 7 rings (SSSR count). The summed E-state index contributed by atoms with van der Waals surface area (Å²) in [5.41, 5.74) is 11.4. The number of rotatable bonds is 1. The van der Waals surface area contributed by atoms with Crippen LogP contribution in [0.3, 0.4) is 0 Å². The Kier molecular flexibility index (Phi) is 4.79. The quantitative estimate of drug-likeness (QED) is 0.228. The van der Waals surface area contributed by atoms with Crippen molar-refractivity contribution in [1.82, 2.24) is 9.55 Å². The molecule has 0 fully saturated rings. The molecule has 0 atom stereocenters. The summed E-state index contributed by atoms with van der Waals surface area (Å²) in [5.74, 6) is 0.930. The third-order valence-corrected chi connectivity index (χ3v) is 8.66. The van der Waals surface area contributed by atoms with E-state index in [4.69, 9.17) is 4.98 Å². The Balaban J connectivity index is 1.84. The van der Waals surface area contributed by atoms with Crippen LogP contribution >= 0.6 is 0 Å². The maximum Gasteiger partial charge on any atom is 0.137 e. The highest BCUT2D eigenvalue weighted by Gasteiger charge is 2.44. The first-order valence-electron chi connectivity index (χ1n) is 13.5. The summed E-state index contributed by atoms with van der Waals surface area (Å²) in [5, 5.41) is 2.56. The van der Waals surface area contributed by atoms with Crippen LogP contribution in [0.15, 0.2) is 104 Å². The Morgan fingerprint density at radius 1 is 0.816 bits per heavy atom. The lowest BCUT2D eigenvalue weighted by molar-refractivity contribution is 0.513. The summed E-state index contributed by atoms with van der Waals surface area (Å²) >= 11 is 0. The molecule has 0 unspecified atom stereocenters. The van der Waals surface area contributed by atoms with E-state index in [0.29, 0.717) is 0 Å². The van der Waals surface area contributed by atoms with Crippen LogP contribution in [0.2, 0.25) is 0 Å². The molecule has 2 heterocycles. The number of aromatic nitrogens is 2. The fourth-order valence-electron chi connectivity index (χ4n) is 7.01. The van der Waals surface area contributed by atoms with Gasteiger partial charge in [0, 0.05) is 27.9 Å². The van der Waals surface area contributed by atoms with E-state index in [9.17, 15) is 0 Å². The van der Waals surface area contributed by atoms with Crippen molar-refractivity contribution in [2.45, 2.75) is 44.9 Å². The molecule has 0 spiro atoms. The van der Waals surface area contributed by atoms with Gasteiger partial charge < -0.3 is 0 Å². The average molecular weight is 493 g/mol. The van der Waals surface area contributed by atoms with Gasteiger partial charge in [-0.25, -0.2) is 4.98 Å². The highest BCUT2D eigenvalue weighted by Crippen LogP contribution is 2.58. The van der Waals surface area contributed by atoms with Gasteiger partial charge in [0.15, 0.2) is 0 Å². The number of allylic oxidation sites excluding steroid dienone is 5. The van der Waals surface area contributed by atoms with Crippen LogP contribution in [0.1, 0.15) is 56.4 Å². The summed E-state index contributed by atoms with van der Waals surface area (Å²) < 4.78 is 2.37. The predicted octanol–water partition coefficient (Wildman–Crippen LogP) is 9.29. The van der Waals surface area contributed by atoms with Gasteiger partial charge in [-0.1, -0.05) is 107 Å². The largest absolute Gasteiger partial charge is 0.293 e. The molecule has 0 saturated carbocycles. The lowest BCUT2D eigenvalue weighted by Gasteiger charge is -2.35. The summed E-state index contributed by atoms with van der Waals surface area (Å²) in [6, 6.07) is 24.0. The first-order chi connectivity index (χ1) is 18.3. The van der Waals surface area contributed by atoms with Gasteiger partial charge in [0.2, 0.25) is 0 Å².